The van der Waals surface area contributed by atoms with Gasteiger partial charge in [0.1, 0.15) is 11.0 Å². The van der Waals surface area contributed by atoms with Crippen LogP contribution in [0.15, 0.2) is 73.1 Å². The van der Waals surface area contributed by atoms with Crippen LogP contribution in [0.3, 0.4) is 0 Å². The number of hydrogen-bond acceptors (Lipinski definition) is 7. The number of nitrogens with zero attached hydrogens (tertiary/aromatic N) is 4. The lowest BCUT2D eigenvalue weighted by atomic mass is 10.1. The third-order valence-corrected chi connectivity index (χ3v) is 6.17. The van der Waals surface area contributed by atoms with Crippen molar-refractivity contribution in [1.82, 2.24) is 25.3 Å². The van der Waals surface area contributed by atoms with Crippen molar-refractivity contribution in [3.05, 3.63) is 84.2 Å². The van der Waals surface area contributed by atoms with Gasteiger partial charge in [0.25, 0.3) is 5.91 Å². The summed E-state index contributed by atoms with van der Waals surface area (Å²) in [4.78, 5) is 31.8. The molecule has 3 aromatic heterocycles. The fraction of sp³-hybridized carbons (Fsp3) is 0.0741. The molecular formula is C27H17N5O3. The molecule has 1 amide bonds. The molecule has 7 rings (SSSR count). The first-order valence-electron chi connectivity index (χ1n) is 11.1. The second kappa shape index (κ2) is 7.59. The molecule has 0 saturated heterocycles. The maximum absolute atomic E-state index is 12.9. The van der Waals surface area contributed by atoms with Gasteiger partial charge in [-0.15, -0.1) is 0 Å². The van der Waals surface area contributed by atoms with E-state index in [9.17, 15) is 4.79 Å². The minimum Gasteiger partial charge on any atom is -0.454 e. The smallest absolute Gasteiger partial charge is 0.251 e. The van der Waals surface area contributed by atoms with E-state index in [2.05, 4.69) is 15.3 Å². The average Bonchev–Trinajstić information content (AvgIpc) is 3.39. The van der Waals surface area contributed by atoms with Crippen LogP contribution in [0.4, 0.5) is 0 Å². The predicted octanol–water partition coefficient (Wildman–Crippen LogP) is 4.54. The Balaban J connectivity index is 1.28. The lowest BCUT2D eigenvalue weighted by Gasteiger charge is -2.10. The third kappa shape index (κ3) is 3.18. The van der Waals surface area contributed by atoms with Crippen LogP contribution in [0.5, 0.6) is 11.5 Å². The van der Waals surface area contributed by atoms with Crippen molar-refractivity contribution in [1.29, 1.82) is 0 Å². The molecule has 35 heavy (non-hydrogen) atoms. The van der Waals surface area contributed by atoms with Crippen molar-refractivity contribution >= 4 is 49.8 Å². The van der Waals surface area contributed by atoms with Gasteiger partial charge < -0.3 is 14.8 Å². The van der Waals surface area contributed by atoms with Crippen LogP contribution in [0, 0.1) is 0 Å². The van der Waals surface area contributed by atoms with Crippen LogP contribution in [0.1, 0.15) is 15.9 Å². The number of hydrogen-bond donors (Lipinski definition) is 1. The van der Waals surface area contributed by atoms with Gasteiger partial charge in [-0.1, -0.05) is 18.2 Å². The first-order chi connectivity index (χ1) is 17.2. The highest BCUT2D eigenvalue weighted by molar-refractivity contribution is 6.21. The molecule has 0 unspecified atom stereocenters. The molecule has 6 aromatic rings. The Morgan fingerprint density at radius 1 is 0.771 bits per heavy atom. The summed E-state index contributed by atoms with van der Waals surface area (Å²) in [6.45, 7) is 0.581. The van der Waals surface area contributed by atoms with Crippen molar-refractivity contribution in [2.75, 3.05) is 6.79 Å². The average molecular weight is 459 g/mol. The highest BCUT2D eigenvalue weighted by atomic mass is 16.7. The van der Waals surface area contributed by atoms with Gasteiger partial charge in [-0.25, -0.2) is 9.97 Å². The summed E-state index contributed by atoms with van der Waals surface area (Å²) in [5.41, 5.74) is 5.63. The number of rotatable bonds is 3. The molecule has 1 aliphatic rings. The number of aromatic nitrogens is 4. The summed E-state index contributed by atoms with van der Waals surface area (Å²) in [6, 6.07) is 18.8. The number of amides is 1. The van der Waals surface area contributed by atoms with Crippen molar-refractivity contribution in [3.8, 4) is 11.5 Å². The lowest BCUT2D eigenvalue weighted by molar-refractivity contribution is 0.0951. The summed E-state index contributed by atoms with van der Waals surface area (Å²) >= 11 is 0. The Bertz CT molecular complexity index is 1820. The Morgan fingerprint density at radius 2 is 1.49 bits per heavy atom. The van der Waals surface area contributed by atoms with Gasteiger partial charge in [-0.2, -0.15) is 0 Å². The van der Waals surface area contributed by atoms with Crippen molar-refractivity contribution in [2.45, 2.75) is 6.54 Å². The SMILES string of the molecule is O=C(NCc1ccc2c(c1)OCO2)c1ccc2nc3c4ncccc4c4cccnc4c3nc2c1. The number of nitrogens with one attached hydrogen (secondary N) is 1. The summed E-state index contributed by atoms with van der Waals surface area (Å²) in [5.74, 6) is 1.20. The number of carbonyl (C=O) groups is 1. The second-order valence-corrected chi connectivity index (χ2v) is 8.29. The Morgan fingerprint density at radius 3 is 2.26 bits per heavy atom. The molecule has 8 heteroatoms. The van der Waals surface area contributed by atoms with Gasteiger partial charge in [-0.3, -0.25) is 14.8 Å². The third-order valence-electron chi connectivity index (χ3n) is 6.17. The van der Waals surface area contributed by atoms with Gasteiger partial charge in [-0.05, 0) is 48.0 Å². The van der Waals surface area contributed by atoms with Gasteiger partial charge >= 0.3 is 0 Å². The molecule has 0 atom stereocenters. The molecule has 0 spiro atoms. The number of ether oxygens (including phenoxy) is 2. The topological polar surface area (TPSA) is 99.1 Å². The van der Waals surface area contributed by atoms with Crippen LogP contribution in [0.25, 0.3) is 43.9 Å². The van der Waals surface area contributed by atoms with E-state index >= 15 is 0 Å². The number of carbonyl (C=O) groups excluding carboxylic acids is 1. The van der Waals surface area contributed by atoms with E-state index in [4.69, 9.17) is 19.4 Å². The molecular weight excluding hydrogens is 442 g/mol. The molecule has 0 bridgehead atoms. The van der Waals surface area contributed by atoms with E-state index in [-0.39, 0.29) is 12.7 Å². The van der Waals surface area contributed by atoms with Gasteiger partial charge in [0.15, 0.2) is 11.5 Å². The normalized spacial score (nSPS) is 12.6. The van der Waals surface area contributed by atoms with Crippen LogP contribution in [-0.2, 0) is 6.54 Å². The molecule has 8 nitrogen and oxygen atoms in total. The standard InChI is InChI=1S/C27H17N5O3/c33-27(30-13-15-5-8-21-22(11-15)35-14-34-21)16-6-7-19-20(12-16)32-26-24-18(4-2-10-29-24)17-3-1-9-28-23(17)25(26)31-19/h1-12H,13-14H2,(H,30,33). The number of pyridine rings is 2. The van der Waals surface area contributed by atoms with E-state index in [1.165, 1.54) is 0 Å². The van der Waals surface area contributed by atoms with Crippen molar-refractivity contribution in [2.24, 2.45) is 0 Å². The summed E-state index contributed by atoms with van der Waals surface area (Å²) < 4.78 is 10.8. The maximum Gasteiger partial charge on any atom is 0.251 e. The van der Waals surface area contributed by atoms with E-state index in [0.717, 1.165) is 27.4 Å². The molecule has 168 valence electrons. The van der Waals surface area contributed by atoms with E-state index < -0.39 is 0 Å². The zero-order chi connectivity index (χ0) is 23.4. The first kappa shape index (κ1) is 19.6. The zero-order valence-corrected chi connectivity index (χ0v) is 18.4. The van der Waals surface area contributed by atoms with Crippen LogP contribution in [0.2, 0.25) is 0 Å². The monoisotopic (exact) mass is 459 g/mol. The zero-order valence-electron chi connectivity index (χ0n) is 18.4. The van der Waals surface area contributed by atoms with Crippen molar-refractivity contribution in [3.63, 3.8) is 0 Å². The van der Waals surface area contributed by atoms with Crippen molar-refractivity contribution < 1.29 is 14.3 Å². The summed E-state index contributed by atoms with van der Waals surface area (Å²) in [5, 5.41) is 4.91. The Hall–Kier alpha value is -4.85. The number of benzene rings is 3. The first-order valence-corrected chi connectivity index (χ1v) is 11.1. The Labute approximate surface area is 198 Å². The molecule has 0 fully saturated rings. The van der Waals surface area contributed by atoms with E-state index in [1.807, 2.05) is 48.5 Å². The van der Waals surface area contributed by atoms with Gasteiger partial charge in [0.05, 0.1) is 22.1 Å². The second-order valence-electron chi connectivity index (χ2n) is 8.29. The summed E-state index contributed by atoms with van der Waals surface area (Å²) in [7, 11) is 0. The van der Waals surface area contributed by atoms with Crippen LogP contribution in [-0.4, -0.2) is 32.6 Å². The van der Waals surface area contributed by atoms with Gasteiger partial charge in [0.2, 0.25) is 6.79 Å². The fourth-order valence-electron chi connectivity index (χ4n) is 4.48. The molecule has 0 aliphatic carbocycles. The molecule has 1 aliphatic heterocycles. The van der Waals surface area contributed by atoms with E-state index in [1.54, 1.807) is 24.5 Å². The van der Waals surface area contributed by atoms with Crippen LogP contribution < -0.4 is 14.8 Å². The molecule has 0 saturated carbocycles. The minimum absolute atomic E-state index is 0.199. The molecule has 4 heterocycles. The van der Waals surface area contributed by atoms with Gasteiger partial charge in [0, 0.05) is 35.3 Å². The largest absolute Gasteiger partial charge is 0.454 e. The predicted molar refractivity (Wildman–Crippen MR) is 131 cm³/mol. The maximum atomic E-state index is 12.9. The molecule has 3 aromatic carbocycles. The highest BCUT2D eigenvalue weighted by Gasteiger charge is 2.16. The minimum atomic E-state index is -0.199. The lowest BCUT2D eigenvalue weighted by Crippen LogP contribution is -2.22. The van der Waals surface area contributed by atoms with E-state index in [0.29, 0.717) is 45.7 Å². The fourth-order valence-corrected chi connectivity index (χ4v) is 4.48. The highest BCUT2D eigenvalue weighted by Crippen LogP contribution is 2.33. The molecule has 0 radical (unpaired) electrons. The van der Waals surface area contributed by atoms with Crippen LogP contribution >= 0.6 is 0 Å². The quantitative estimate of drug-likeness (QED) is 0.306. The number of fused-ring (bicyclic) bond motifs is 8. The summed E-state index contributed by atoms with van der Waals surface area (Å²) in [6.07, 6.45) is 3.50. The Kier molecular flexibility index (Phi) is 4.25. The molecule has 1 N–H and O–H groups in total.